The number of methoxy groups -OCH3 is 1. The van der Waals surface area contributed by atoms with E-state index in [1.807, 2.05) is 0 Å². The van der Waals surface area contributed by atoms with Gasteiger partial charge in [0, 0.05) is 50.9 Å². The van der Waals surface area contributed by atoms with E-state index in [1.165, 1.54) is 32.2 Å². The summed E-state index contributed by atoms with van der Waals surface area (Å²) >= 11 is 0. The highest BCUT2D eigenvalue weighted by molar-refractivity contribution is 14.0. The van der Waals surface area contributed by atoms with Crippen molar-refractivity contribution in [3.63, 3.8) is 0 Å². The molecule has 1 aromatic carbocycles. The Labute approximate surface area is 191 Å². The van der Waals surface area contributed by atoms with Gasteiger partial charge in [-0.15, -0.1) is 24.0 Å². The van der Waals surface area contributed by atoms with Crippen molar-refractivity contribution in [1.29, 1.82) is 0 Å². The van der Waals surface area contributed by atoms with Gasteiger partial charge in [-0.3, -0.25) is 14.7 Å². The van der Waals surface area contributed by atoms with E-state index in [0.29, 0.717) is 24.7 Å². The number of hydrogen-bond donors (Lipinski definition) is 3. The summed E-state index contributed by atoms with van der Waals surface area (Å²) < 4.78 is 5.11. The minimum absolute atomic E-state index is 0. The average molecular weight is 515 g/mol. The molecule has 1 aliphatic carbocycles. The first-order chi connectivity index (χ1) is 13.7. The highest BCUT2D eigenvalue weighted by Gasteiger charge is 2.30. The van der Waals surface area contributed by atoms with Crippen molar-refractivity contribution < 1.29 is 9.53 Å². The van der Waals surface area contributed by atoms with Gasteiger partial charge in [-0.25, -0.2) is 0 Å². The van der Waals surface area contributed by atoms with Crippen molar-refractivity contribution in [2.45, 2.75) is 44.2 Å². The van der Waals surface area contributed by atoms with Gasteiger partial charge in [0.25, 0.3) is 5.91 Å². The fourth-order valence-electron chi connectivity index (χ4n) is 4.10. The molecule has 1 atom stereocenters. The zero-order chi connectivity index (χ0) is 19.8. The maximum atomic E-state index is 12.2. The van der Waals surface area contributed by atoms with E-state index < -0.39 is 0 Å². The maximum Gasteiger partial charge on any atom is 0.251 e. The molecule has 2 aliphatic rings. The first kappa shape index (κ1) is 23.7. The lowest BCUT2D eigenvalue weighted by Crippen LogP contribution is -2.47. The second-order valence-electron chi connectivity index (χ2n) is 7.55. The zero-order valence-electron chi connectivity index (χ0n) is 17.4. The third-order valence-corrected chi connectivity index (χ3v) is 5.68. The Morgan fingerprint density at radius 1 is 1.14 bits per heavy atom. The fourth-order valence-corrected chi connectivity index (χ4v) is 4.10. The lowest BCUT2D eigenvalue weighted by molar-refractivity contribution is 0.0954. The van der Waals surface area contributed by atoms with Gasteiger partial charge in [0.05, 0.1) is 7.11 Å². The number of ether oxygens (including phenoxy) is 1. The van der Waals surface area contributed by atoms with E-state index in [0.717, 1.165) is 30.7 Å². The van der Waals surface area contributed by atoms with Crippen LogP contribution in [0.3, 0.4) is 0 Å². The number of amides is 1. The third kappa shape index (κ3) is 7.02. The molecule has 3 N–H and O–H groups in total. The predicted molar refractivity (Wildman–Crippen MR) is 127 cm³/mol. The Balaban J connectivity index is 0.00000300. The van der Waals surface area contributed by atoms with Gasteiger partial charge in [-0.05, 0) is 43.5 Å². The number of likely N-dealkylation sites (tertiary alicyclic amines) is 1. The molecule has 1 saturated carbocycles. The van der Waals surface area contributed by atoms with Crippen molar-refractivity contribution >= 4 is 35.8 Å². The molecule has 0 aromatic heterocycles. The molecule has 0 bridgehead atoms. The summed E-state index contributed by atoms with van der Waals surface area (Å²) in [6.07, 6.45) is 6.63. The summed E-state index contributed by atoms with van der Waals surface area (Å²) in [6, 6.07) is 8.33. The zero-order valence-corrected chi connectivity index (χ0v) is 19.8. The Bertz CT molecular complexity index is 662. The smallest absolute Gasteiger partial charge is 0.251 e. The van der Waals surface area contributed by atoms with Crippen LogP contribution in [0.2, 0.25) is 0 Å². The molecule has 29 heavy (non-hydrogen) atoms. The monoisotopic (exact) mass is 515 g/mol. The lowest BCUT2D eigenvalue weighted by atomic mass is 10.2. The van der Waals surface area contributed by atoms with E-state index in [2.05, 4.69) is 25.8 Å². The number of nitrogens with one attached hydrogen (secondary N) is 3. The van der Waals surface area contributed by atoms with Gasteiger partial charge < -0.3 is 20.7 Å². The fraction of sp³-hybridized carbons (Fsp3) is 0.619. The average Bonchev–Trinajstić information content (AvgIpc) is 3.42. The molecule has 8 heteroatoms. The second kappa shape index (κ2) is 12.2. The van der Waals surface area contributed by atoms with E-state index in [4.69, 9.17) is 4.74 Å². The molecule has 1 aliphatic heterocycles. The normalized spacial score (nSPS) is 20.2. The molecule has 2 fully saturated rings. The quantitative estimate of drug-likeness (QED) is 0.225. The van der Waals surface area contributed by atoms with Gasteiger partial charge >= 0.3 is 0 Å². The molecule has 1 saturated heterocycles. The standard InChI is InChI=1S/C21H33N5O2.HI/c1-22-21(25-17-11-14-26(15-17)18-5-3-4-6-18)24-13-12-23-20(27)16-7-9-19(28-2)10-8-16;/h7-10,17-18H,3-6,11-15H2,1-2H3,(H,23,27)(H2,22,24,25);1H. The summed E-state index contributed by atoms with van der Waals surface area (Å²) in [7, 11) is 3.40. The molecule has 0 radical (unpaired) electrons. The van der Waals surface area contributed by atoms with Gasteiger partial charge in [-0.1, -0.05) is 12.8 Å². The van der Waals surface area contributed by atoms with Crippen LogP contribution in [0, 0.1) is 0 Å². The van der Waals surface area contributed by atoms with Crippen molar-refractivity contribution in [1.82, 2.24) is 20.9 Å². The van der Waals surface area contributed by atoms with E-state index in [9.17, 15) is 4.79 Å². The molecular weight excluding hydrogens is 481 g/mol. The van der Waals surface area contributed by atoms with Gasteiger partial charge in [0.1, 0.15) is 5.75 Å². The molecule has 7 nitrogen and oxygen atoms in total. The lowest BCUT2D eigenvalue weighted by Gasteiger charge is -2.24. The summed E-state index contributed by atoms with van der Waals surface area (Å²) in [5.74, 6) is 1.46. The highest BCUT2D eigenvalue weighted by Crippen LogP contribution is 2.26. The Morgan fingerprint density at radius 3 is 2.48 bits per heavy atom. The number of aliphatic imine (C=N–C) groups is 1. The van der Waals surface area contributed by atoms with Crippen molar-refractivity contribution in [3.8, 4) is 5.75 Å². The number of carbonyl (C=O) groups excluding carboxylic acids is 1. The van der Waals surface area contributed by atoms with E-state index in [1.54, 1.807) is 38.4 Å². The molecule has 162 valence electrons. The van der Waals surface area contributed by atoms with Crippen LogP contribution in [0.1, 0.15) is 42.5 Å². The van der Waals surface area contributed by atoms with Crippen LogP contribution >= 0.6 is 24.0 Å². The Morgan fingerprint density at radius 2 is 1.83 bits per heavy atom. The molecule has 1 amide bonds. The first-order valence-electron chi connectivity index (χ1n) is 10.3. The van der Waals surface area contributed by atoms with Crippen LogP contribution in [-0.4, -0.2) is 69.2 Å². The largest absolute Gasteiger partial charge is 0.497 e. The molecular formula is C21H34IN5O2. The van der Waals surface area contributed by atoms with Crippen LogP contribution in [0.4, 0.5) is 0 Å². The minimum Gasteiger partial charge on any atom is -0.497 e. The number of benzene rings is 1. The van der Waals surface area contributed by atoms with Crippen molar-refractivity contribution in [2.24, 2.45) is 4.99 Å². The molecule has 0 spiro atoms. The summed E-state index contributed by atoms with van der Waals surface area (Å²) in [5, 5.41) is 9.73. The first-order valence-corrected chi connectivity index (χ1v) is 10.3. The van der Waals surface area contributed by atoms with Crippen molar-refractivity contribution in [3.05, 3.63) is 29.8 Å². The molecule has 1 unspecified atom stereocenters. The number of rotatable bonds is 7. The Kier molecular flexibility index (Phi) is 9.99. The van der Waals surface area contributed by atoms with Crippen LogP contribution in [-0.2, 0) is 0 Å². The summed E-state index contributed by atoms with van der Waals surface area (Å²) in [4.78, 5) is 19.1. The Hall–Kier alpha value is -1.55. The maximum absolute atomic E-state index is 12.2. The van der Waals surface area contributed by atoms with Crippen molar-refractivity contribution in [2.75, 3.05) is 40.3 Å². The number of halogens is 1. The topological polar surface area (TPSA) is 78.0 Å². The number of carbonyl (C=O) groups is 1. The number of guanidine groups is 1. The van der Waals surface area contributed by atoms with Crippen LogP contribution in [0.15, 0.2) is 29.3 Å². The van der Waals surface area contributed by atoms with Gasteiger partial charge in [0.15, 0.2) is 5.96 Å². The molecule has 1 aromatic rings. The van der Waals surface area contributed by atoms with E-state index in [-0.39, 0.29) is 29.9 Å². The number of nitrogens with zero attached hydrogens (tertiary/aromatic N) is 2. The molecule has 3 rings (SSSR count). The number of hydrogen-bond acceptors (Lipinski definition) is 4. The SMILES string of the molecule is CN=C(NCCNC(=O)c1ccc(OC)cc1)NC1CCN(C2CCCC2)C1.I. The van der Waals surface area contributed by atoms with Crippen LogP contribution in [0.25, 0.3) is 0 Å². The summed E-state index contributed by atoms with van der Waals surface area (Å²) in [6.45, 7) is 3.43. The molecule has 1 heterocycles. The van der Waals surface area contributed by atoms with Gasteiger partial charge in [-0.2, -0.15) is 0 Å². The van der Waals surface area contributed by atoms with Crippen LogP contribution in [0.5, 0.6) is 5.75 Å². The third-order valence-electron chi connectivity index (χ3n) is 5.68. The summed E-state index contributed by atoms with van der Waals surface area (Å²) in [5.41, 5.74) is 0.626. The highest BCUT2D eigenvalue weighted by atomic mass is 127. The van der Waals surface area contributed by atoms with Crippen LogP contribution < -0.4 is 20.7 Å². The van der Waals surface area contributed by atoms with E-state index >= 15 is 0 Å². The van der Waals surface area contributed by atoms with Gasteiger partial charge in [0.2, 0.25) is 0 Å². The predicted octanol–water partition coefficient (Wildman–Crippen LogP) is 2.22. The second-order valence-corrected chi connectivity index (χ2v) is 7.55. The minimum atomic E-state index is -0.0876.